The molecule has 1 rings (SSSR count). The number of allylic oxidation sites excluding steroid dienone is 1. The lowest BCUT2D eigenvalue weighted by Gasteiger charge is -2.32. The molecule has 0 radical (unpaired) electrons. The average molecular weight is 681 g/mol. The van der Waals surface area contributed by atoms with Gasteiger partial charge in [-0.2, -0.15) is 0 Å². The molecule has 0 aromatic heterocycles. The third-order valence-corrected chi connectivity index (χ3v) is 8.75. The molecule has 10 nitrogen and oxygen atoms in total. The number of unbranched alkanes of at least 4 members (excludes halogenated alkanes) is 10. The predicted molar refractivity (Wildman–Crippen MR) is 189 cm³/mol. The normalized spacial score (nSPS) is 13.1. The molecular weight excluding hydrogens is 612 g/mol. The number of esters is 3. The lowest BCUT2D eigenvalue weighted by molar-refractivity contribution is -0.149. The highest BCUT2D eigenvalue weighted by Gasteiger charge is 2.25. The molecule has 10 heteroatoms. The van der Waals surface area contributed by atoms with Crippen molar-refractivity contribution in [1.82, 2.24) is 9.80 Å². The number of carbonyl (C=O) groups is 4. The van der Waals surface area contributed by atoms with E-state index >= 15 is 0 Å². The van der Waals surface area contributed by atoms with Crippen molar-refractivity contribution in [3.05, 3.63) is 11.3 Å². The van der Waals surface area contributed by atoms with Gasteiger partial charge < -0.3 is 23.8 Å². The second-order valence-corrected chi connectivity index (χ2v) is 13.0. The molecule has 0 spiro atoms. The van der Waals surface area contributed by atoms with Gasteiger partial charge in [0.05, 0.1) is 45.4 Å². The maximum atomic E-state index is 12.9. The maximum absolute atomic E-state index is 12.9. The molecule has 278 valence electrons. The van der Waals surface area contributed by atoms with Crippen molar-refractivity contribution in [2.45, 2.75) is 156 Å². The van der Waals surface area contributed by atoms with E-state index in [4.69, 9.17) is 18.9 Å². The van der Waals surface area contributed by atoms with Gasteiger partial charge in [0.25, 0.3) is 0 Å². The van der Waals surface area contributed by atoms with Crippen molar-refractivity contribution in [1.29, 1.82) is 0 Å². The Labute approximate surface area is 291 Å². The zero-order chi connectivity index (χ0) is 35.4. The lowest BCUT2D eigenvalue weighted by atomic mass is 9.91. The van der Waals surface area contributed by atoms with Crippen molar-refractivity contribution in [2.75, 3.05) is 52.6 Å². The number of carbonyl (C=O) groups excluding carboxylic acids is 4. The molecule has 0 N–H and O–H groups in total. The monoisotopic (exact) mass is 680 g/mol. The number of rotatable bonds is 30. The van der Waals surface area contributed by atoms with E-state index in [0.29, 0.717) is 26.2 Å². The molecule has 0 aromatic rings. The predicted octanol–water partition coefficient (Wildman–Crippen LogP) is 7.52. The van der Waals surface area contributed by atoms with E-state index in [2.05, 4.69) is 13.8 Å². The van der Waals surface area contributed by atoms with Crippen LogP contribution in [0.4, 0.5) is 0 Å². The summed E-state index contributed by atoms with van der Waals surface area (Å²) in [6.07, 6.45) is 17.9. The van der Waals surface area contributed by atoms with Gasteiger partial charge in [0, 0.05) is 13.3 Å². The summed E-state index contributed by atoms with van der Waals surface area (Å²) >= 11 is 0. The molecule has 1 aliphatic carbocycles. The molecule has 1 fully saturated rings. The third kappa shape index (κ3) is 20.7. The summed E-state index contributed by atoms with van der Waals surface area (Å²) in [5.41, 5.74) is 1.16. The van der Waals surface area contributed by atoms with Crippen LogP contribution >= 0.6 is 0 Å². The maximum Gasteiger partial charge on any atom is 0.320 e. The van der Waals surface area contributed by atoms with E-state index in [0.717, 1.165) is 75.5 Å². The summed E-state index contributed by atoms with van der Waals surface area (Å²) in [5.74, 6) is -0.384. The van der Waals surface area contributed by atoms with Crippen LogP contribution in [-0.4, -0.2) is 92.3 Å². The summed E-state index contributed by atoms with van der Waals surface area (Å²) in [6.45, 7) is 11.4. The van der Waals surface area contributed by atoms with E-state index < -0.39 is 0 Å². The molecule has 1 atom stereocenters. The Morgan fingerprint density at radius 3 is 1.62 bits per heavy atom. The van der Waals surface area contributed by atoms with Gasteiger partial charge >= 0.3 is 17.9 Å². The second-order valence-electron chi connectivity index (χ2n) is 13.0. The van der Waals surface area contributed by atoms with Crippen LogP contribution in [0.5, 0.6) is 0 Å². The van der Waals surface area contributed by atoms with E-state index in [-0.39, 0.29) is 69.1 Å². The van der Waals surface area contributed by atoms with E-state index in [9.17, 15) is 19.2 Å². The van der Waals surface area contributed by atoms with Crippen LogP contribution in [0.15, 0.2) is 11.3 Å². The average Bonchev–Trinajstić information content (AvgIpc) is 3.03. The first-order chi connectivity index (χ1) is 23.2. The van der Waals surface area contributed by atoms with Crippen LogP contribution in [0.25, 0.3) is 0 Å². The van der Waals surface area contributed by atoms with Crippen LogP contribution in [0.2, 0.25) is 0 Å². The number of nitrogens with zero attached hydrogens (tertiary/aromatic N) is 2. The van der Waals surface area contributed by atoms with Crippen molar-refractivity contribution < 1.29 is 38.1 Å². The molecule has 0 heterocycles. The first-order valence-corrected chi connectivity index (χ1v) is 19.1. The number of hydrogen-bond donors (Lipinski definition) is 0. The molecule has 1 aliphatic rings. The highest BCUT2D eigenvalue weighted by Crippen LogP contribution is 2.30. The zero-order valence-electron chi connectivity index (χ0n) is 31.1. The largest absolute Gasteiger partial charge is 0.495 e. The van der Waals surface area contributed by atoms with Crippen LogP contribution < -0.4 is 0 Å². The Bertz CT molecular complexity index is 900. The molecule has 0 aliphatic heterocycles. The third-order valence-electron chi connectivity index (χ3n) is 8.75. The Kier molecular flexibility index (Phi) is 25.5. The molecule has 1 amide bonds. The molecular formula is C38H68N2O8. The van der Waals surface area contributed by atoms with Gasteiger partial charge in [-0.15, -0.1) is 0 Å². The quantitative estimate of drug-likeness (QED) is 0.0329. The summed E-state index contributed by atoms with van der Waals surface area (Å²) in [7, 11) is 0. The fourth-order valence-corrected chi connectivity index (χ4v) is 5.67. The topological polar surface area (TPSA) is 112 Å². The van der Waals surface area contributed by atoms with Gasteiger partial charge in [-0.3, -0.25) is 24.1 Å². The van der Waals surface area contributed by atoms with Crippen molar-refractivity contribution >= 4 is 23.8 Å². The fraction of sp³-hybridized carbons (Fsp3) is 0.842. The van der Waals surface area contributed by atoms with Crippen LogP contribution in [-0.2, 0) is 38.1 Å². The Balaban J connectivity index is 2.85. The van der Waals surface area contributed by atoms with Crippen LogP contribution in [0, 0.1) is 0 Å². The Hall–Kier alpha value is -2.62. The second kappa shape index (κ2) is 28.2. The minimum atomic E-state index is -0.364. The summed E-state index contributed by atoms with van der Waals surface area (Å²) in [6, 6.07) is -0.231. The van der Waals surface area contributed by atoms with Crippen molar-refractivity contribution in [3.8, 4) is 0 Å². The van der Waals surface area contributed by atoms with Gasteiger partial charge in [-0.25, -0.2) is 0 Å². The van der Waals surface area contributed by atoms with Crippen LogP contribution in [0.3, 0.4) is 0 Å². The van der Waals surface area contributed by atoms with E-state index in [1.54, 1.807) is 16.7 Å². The van der Waals surface area contributed by atoms with E-state index in [1.165, 1.54) is 45.4 Å². The first-order valence-electron chi connectivity index (χ1n) is 19.1. The number of amides is 1. The van der Waals surface area contributed by atoms with Gasteiger partial charge in [-0.05, 0) is 44.1 Å². The first kappa shape index (κ1) is 43.4. The molecule has 48 heavy (non-hydrogen) atoms. The smallest absolute Gasteiger partial charge is 0.320 e. The Morgan fingerprint density at radius 1 is 0.625 bits per heavy atom. The van der Waals surface area contributed by atoms with Crippen LogP contribution in [0.1, 0.15) is 150 Å². The minimum Gasteiger partial charge on any atom is -0.495 e. The summed E-state index contributed by atoms with van der Waals surface area (Å²) < 4.78 is 22.8. The highest BCUT2D eigenvalue weighted by molar-refractivity contribution is 5.75. The molecule has 1 saturated carbocycles. The fourth-order valence-electron chi connectivity index (χ4n) is 5.67. The SMILES string of the molecule is CCCCCCCCOC(=O)CN(CC(=O)OCCCCCCCC)CC(OCCN(C(C)=O)C(CCC)COC(=O)CC)=C1CCC1. The molecule has 0 aromatic carbocycles. The van der Waals surface area contributed by atoms with Gasteiger partial charge in [-0.1, -0.05) is 98.3 Å². The standard InChI is InChI=1S/C38H68N2O8/c1-6-10-12-14-16-18-25-46-37(43)29-39(30-38(44)47-26-19-17-15-13-11-7-2)28-35(33-22-20-23-33)45-27-24-40(32(5)41)34(21-8-3)31-48-36(42)9-4/h34H,6-31H2,1-5H3. The highest BCUT2D eigenvalue weighted by atomic mass is 16.5. The summed E-state index contributed by atoms with van der Waals surface area (Å²) in [5, 5.41) is 0. The molecule has 1 unspecified atom stereocenters. The van der Waals surface area contributed by atoms with Crippen molar-refractivity contribution in [2.24, 2.45) is 0 Å². The minimum absolute atomic E-state index is 0.0387. The zero-order valence-corrected chi connectivity index (χ0v) is 31.1. The summed E-state index contributed by atoms with van der Waals surface area (Å²) in [4.78, 5) is 53.7. The molecule has 0 bridgehead atoms. The number of ether oxygens (including phenoxy) is 4. The van der Waals surface area contributed by atoms with Gasteiger partial charge in [0.2, 0.25) is 5.91 Å². The lowest BCUT2D eigenvalue weighted by Crippen LogP contribution is -2.44. The number of hydrogen-bond acceptors (Lipinski definition) is 9. The Morgan fingerprint density at radius 2 is 1.17 bits per heavy atom. The van der Waals surface area contributed by atoms with Gasteiger partial charge in [0.1, 0.15) is 19.0 Å². The molecule has 0 saturated heterocycles. The van der Waals surface area contributed by atoms with Gasteiger partial charge in [0.15, 0.2) is 0 Å². The van der Waals surface area contributed by atoms with Crippen molar-refractivity contribution in [3.63, 3.8) is 0 Å². The van der Waals surface area contributed by atoms with E-state index in [1.807, 2.05) is 6.92 Å².